The molecule has 4 aromatic rings. The molecule has 1 aromatic heterocycles. The van der Waals surface area contributed by atoms with Crippen molar-refractivity contribution in [1.29, 1.82) is 5.26 Å². The molecule has 0 aliphatic rings. The van der Waals surface area contributed by atoms with Gasteiger partial charge in [0, 0.05) is 27.8 Å². The van der Waals surface area contributed by atoms with E-state index in [9.17, 15) is 9.59 Å². The van der Waals surface area contributed by atoms with Crippen LogP contribution in [-0.2, 0) is 0 Å². The molecule has 0 bridgehead atoms. The zero-order chi connectivity index (χ0) is 22.0. The molecule has 0 aliphatic heterocycles. The summed E-state index contributed by atoms with van der Waals surface area (Å²) in [6.07, 6.45) is 0. The summed E-state index contributed by atoms with van der Waals surface area (Å²) in [5, 5.41) is 14.1. The number of thiocyanates is 1. The number of nitrogens with zero attached hydrogens (tertiary/aromatic N) is 1. The molecule has 4 rings (SSSR count). The Morgan fingerprint density at radius 1 is 1.00 bits per heavy atom. The van der Waals surface area contributed by atoms with E-state index in [1.165, 1.54) is 6.07 Å². The standard InChI is InChI=1S/C25H18N2O3S/c1-15-11-16(2)24-21(12-15)22(28)13-23(30-24)17-3-5-18(6-4-17)25(29)27-19-7-9-20(10-8-19)31-14-26/h3-13H,1-2H3,(H,27,29). The zero-order valence-electron chi connectivity index (χ0n) is 16.9. The molecule has 1 amide bonds. The van der Waals surface area contributed by atoms with E-state index < -0.39 is 0 Å². The minimum atomic E-state index is -0.251. The van der Waals surface area contributed by atoms with Crippen LogP contribution in [0.5, 0.6) is 0 Å². The van der Waals surface area contributed by atoms with Crippen LogP contribution < -0.4 is 10.7 Å². The number of nitrogens with one attached hydrogen (secondary N) is 1. The molecule has 0 spiro atoms. The van der Waals surface area contributed by atoms with Gasteiger partial charge in [-0.05, 0) is 79.2 Å². The number of benzene rings is 3. The van der Waals surface area contributed by atoms with E-state index in [-0.39, 0.29) is 11.3 Å². The first-order chi connectivity index (χ1) is 14.9. The topological polar surface area (TPSA) is 83.1 Å². The molecule has 3 aromatic carbocycles. The van der Waals surface area contributed by atoms with Crippen LogP contribution in [0.3, 0.4) is 0 Å². The van der Waals surface area contributed by atoms with Gasteiger partial charge < -0.3 is 9.73 Å². The van der Waals surface area contributed by atoms with E-state index in [4.69, 9.17) is 9.68 Å². The van der Waals surface area contributed by atoms with Crippen LogP contribution >= 0.6 is 11.8 Å². The summed E-state index contributed by atoms with van der Waals surface area (Å²) < 4.78 is 6.02. The zero-order valence-corrected chi connectivity index (χ0v) is 17.7. The minimum absolute atomic E-state index is 0.0946. The highest BCUT2D eigenvalue weighted by Crippen LogP contribution is 2.26. The Bertz CT molecular complexity index is 1380. The second-order valence-electron chi connectivity index (χ2n) is 7.18. The quantitative estimate of drug-likeness (QED) is 0.324. The van der Waals surface area contributed by atoms with E-state index in [1.54, 1.807) is 48.5 Å². The third-order valence-corrected chi connectivity index (χ3v) is 5.47. The highest BCUT2D eigenvalue weighted by molar-refractivity contribution is 8.03. The molecule has 6 heteroatoms. The molecule has 0 radical (unpaired) electrons. The lowest BCUT2D eigenvalue weighted by Crippen LogP contribution is -2.11. The van der Waals surface area contributed by atoms with Gasteiger partial charge in [0.2, 0.25) is 0 Å². The van der Waals surface area contributed by atoms with Crippen molar-refractivity contribution in [2.45, 2.75) is 18.7 Å². The summed E-state index contributed by atoms with van der Waals surface area (Å²) in [4.78, 5) is 25.9. The molecule has 1 N–H and O–H groups in total. The van der Waals surface area contributed by atoms with Crippen LogP contribution in [0.2, 0.25) is 0 Å². The average Bonchev–Trinajstić information content (AvgIpc) is 2.76. The van der Waals surface area contributed by atoms with Crippen molar-refractivity contribution < 1.29 is 9.21 Å². The normalized spacial score (nSPS) is 10.6. The number of amides is 1. The Morgan fingerprint density at radius 2 is 1.71 bits per heavy atom. The molecule has 0 atom stereocenters. The first-order valence-corrected chi connectivity index (χ1v) is 10.4. The average molecular weight is 426 g/mol. The molecule has 0 saturated carbocycles. The van der Waals surface area contributed by atoms with Crippen molar-refractivity contribution in [2.24, 2.45) is 0 Å². The van der Waals surface area contributed by atoms with Crippen molar-refractivity contribution in [3.8, 4) is 16.7 Å². The van der Waals surface area contributed by atoms with Crippen LogP contribution in [0.1, 0.15) is 21.5 Å². The fourth-order valence-corrected chi connectivity index (χ4v) is 3.78. The van der Waals surface area contributed by atoms with Gasteiger partial charge in [-0.15, -0.1) is 0 Å². The van der Waals surface area contributed by atoms with Crippen LogP contribution in [0.4, 0.5) is 5.69 Å². The van der Waals surface area contributed by atoms with Gasteiger partial charge in [-0.2, -0.15) is 5.26 Å². The summed E-state index contributed by atoms with van der Waals surface area (Å²) in [5.74, 6) is 0.209. The summed E-state index contributed by atoms with van der Waals surface area (Å²) in [6.45, 7) is 3.87. The summed E-state index contributed by atoms with van der Waals surface area (Å²) >= 11 is 1.06. The second-order valence-corrected chi connectivity index (χ2v) is 8.04. The molecule has 152 valence electrons. The fourth-order valence-electron chi connectivity index (χ4n) is 3.40. The van der Waals surface area contributed by atoms with Crippen LogP contribution in [-0.4, -0.2) is 5.91 Å². The van der Waals surface area contributed by atoms with Crippen LogP contribution in [0.25, 0.3) is 22.3 Å². The fraction of sp³-hybridized carbons (Fsp3) is 0.0800. The number of anilines is 1. The number of aryl methyl sites for hydroxylation is 2. The molecule has 0 unspecified atom stereocenters. The smallest absolute Gasteiger partial charge is 0.255 e. The van der Waals surface area contributed by atoms with Gasteiger partial charge in [0.15, 0.2) is 5.43 Å². The third kappa shape index (κ3) is 4.37. The maximum atomic E-state index is 12.6. The number of rotatable bonds is 4. The van der Waals surface area contributed by atoms with Gasteiger partial charge in [0.1, 0.15) is 16.7 Å². The van der Waals surface area contributed by atoms with Crippen molar-refractivity contribution in [2.75, 3.05) is 5.32 Å². The highest BCUT2D eigenvalue weighted by Gasteiger charge is 2.11. The number of fused-ring (bicyclic) bond motifs is 1. The molecule has 0 aliphatic carbocycles. The lowest BCUT2D eigenvalue weighted by Gasteiger charge is -2.08. The van der Waals surface area contributed by atoms with E-state index in [0.717, 1.165) is 27.8 Å². The van der Waals surface area contributed by atoms with Gasteiger partial charge in [0.05, 0.1) is 5.39 Å². The highest BCUT2D eigenvalue weighted by atomic mass is 32.2. The Balaban J connectivity index is 1.57. The van der Waals surface area contributed by atoms with E-state index in [2.05, 4.69) is 5.32 Å². The molecule has 0 fully saturated rings. The number of nitriles is 1. The van der Waals surface area contributed by atoms with Crippen molar-refractivity contribution >= 4 is 34.3 Å². The summed E-state index contributed by atoms with van der Waals surface area (Å²) in [6, 6.07) is 19.2. The molecule has 31 heavy (non-hydrogen) atoms. The van der Waals surface area contributed by atoms with E-state index in [1.807, 2.05) is 31.4 Å². The second kappa shape index (κ2) is 8.50. The molecular weight excluding hydrogens is 408 g/mol. The summed E-state index contributed by atoms with van der Waals surface area (Å²) in [7, 11) is 0. The molecular formula is C25H18N2O3S. The van der Waals surface area contributed by atoms with Gasteiger partial charge >= 0.3 is 0 Å². The number of hydrogen-bond donors (Lipinski definition) is 1. The minimum Gasteiger partial charge on any atom is -0.456 e. The predicted octanol–water partition coefficient (Wildman–Crippen LogP) is 5.90. The van der Waals surface area contributed by atoms with E-state index >= 15 is 0 Å². The maximum Gasteiger partial charge on any atom is 0.255 e. The number of carbonyl (C=O) groups excluding carboxylic acids is 1. The van der Waals surface area contributed by atoms with Gasteiger partial charge in [-0.25, -0.2) is 0 Å². The monoisotopic (exact) mass is 426 g/mol. The van der Waals surface area contributed by atoms with Crippen molar-refractivity contribution in [3.63, 3.8) is 0 Å². The maximum absolute atomic E-state index is 12.6. The molecule has 1 heterocycles. The lowest BCUT2D eigenvalue weighted by atomic mass is 10.1. The van der Waals surface area contributed by atoms with Crippen LogP contribution in [0.15, 0.2) is 80.8 Å². The number of carbonyl (C=O) groups is 1. The Morgan fingerprint density at radius 3 is 2.39 bits per heavy atom. The van der Waals surface area contributed by atoms with Crippen molar-refractivity contribution in [3.05, 3.63) is 93.6 Å². The number of hydrogen-bond acceptors (Lipinski definition) is 5. The van der Waals surface area contributed by atoms with Crippen molar-refractivity contribution in [1.82, 2.24) is 0 Å². The Labute approximate surface area is 183 Å². The van der Waals surface area contributed by atoms with Gasteiger partial charge in [-0.1, -0.05) is 18.2 Å². The summed E-state index contributed by atoms with van der Waals surface area (Å²) in [5.41, 5.74) is 4.24. The van der Waals surface area contributed by atoms with Gasteiger partial charge in [-0.3, -0.25) is 9.59 Å². The Kier molecular flexibility index (Phi) is 5.61. The SMILES string of the molecule is Cc1cc(C)c2oc(-c3ccc(C(=O)Nc4ccc(SC#N)cc4)cc3)cc(=O)c2c1. The largest absolute Gasteiger partial charge is 0.456 e. The van der Waals surface area contributed by atoms with E-state index in [0.29, 0.717) is 33.5 Å². The first kappa shape index (κ1) is 20.5. The predicted molar refractivity (Wildman–Crippen MR) is 123 cm³/mol. The lowest BCUT2D eigenvalue weighted by molar-refractivity contribution is 0.102. The molecule has 5 nitrogen and oxygen atoms in total. The van der Waals surface area contributed by atoms with Crippen LogP contribution in [0, 0.1) is 24.5 Å². The van der Waals surface area contributed by atoms with Gasteiger partial charge in [0.25, 0.3) is 5.91 Å². The first-order valence-electron chi connectivity index (χ1n) is 9.57. The third-order valence-electron chi connectivity index (χ3n) is 4.87. The Hall–Kier alpha value is -3.82. The number of thioether (sulfide) groups is 1. The molecule has 0 saturated heterocycles.